The molecule has 0 spiro atoms. The second-order valence-corrected chi connectivity index (χ2v) is 7.80. The van der Waals surface area contributed by atoms with Crippen LogP contribution in [0, 0.1) is 10.6 Å². The first-order valence-corrected chi connectivity index (χ1v) is 10.2. The van der Waals surface area contributed by atoms with E-state index in [1.54, 1.807) is 40.6 Å². The zero-order valence-corrected chi connectivity index (χ0v) is 17.6. The van der Waals surface area contributed by atoms with Crippen molar-refractivity contribution in [2.24, 2.45) is 7.05 Å². The van der Waals surface area contributed by atoms with E-state index in [1.165, 1.54) is 18.2 Å². The molecule has 0 saturated carbocycles. The van der Waals surface area contributed by atoms with Gasteiger partial charge >= 0.3 is 6.18 Å². The zero-order chi connectivity index (χ0) is 22.2. The van der Waals surface area contributed by atoms with Crippen molar-refractivity contribution in [2.75, 3.05) is 31.1 Å². The summed E-state index contributed by atoms with van der Waals surface area (Å²) in [5, 5.41) is 4.51. The van der Waals surface area contributed by atoms with Crippen LogP contribution in [0.3, 0.4) is 0 Å². The first kappa shape index (κ1) is 21.5. The summed E-state index contributed by atoms with van der Waals surface area (Å²) < 4.78 is 56.9. The van der Waals surface area contributed by atoms with Gasteiger partial charge < -0.3 is 9.47 Å². The van der Waals surface area contributed by atoms with Crippen molar-refractivity contribution in [3.05, 3.63) is 64.7 Å². The molecule has 1 aliphatic heterocycles. The van der Waals surface area contributed by atoms with Crippen molar-refractivity contribution < 1.29 is 17.6 Å². The van der Waals surface area contributed by atoms with Crippen molar-refractivity contribution in [1.29, 1.82) is 0 Å². The van der Waals surface area contributed by atoms with E-state index >= 15 is 0 Å². The maximum Gasteiger partial charge on any atom is 0.416 e. The Morgan fingerprint density at radius 1 is 1.00 bits per heavy atom. The molecular weight excluding hydrogens is 430 g/mol. The van der Waals surface area contributed by atoms with Gasteiger partial charge in [0.2, 0.25) is 0 Å². The summed E-state index contributed by atoms with van der Waals surface area (Å²) in [6, 6.07) is 11.8. The van der Waals surface area contributed by atoms with E-state index in [-0.39, 0.29) is 5.82 Å². The Hall–Kier alpha value is -2.72. The number of halogens is 4. The molecule has 2 aromatic carbocycles. The van der Waals surface area contributed by atoms with Gasteiger partial charge in [-0.05, 0) is 42.5 Å². The molecule has 1 aliphatic rings. The molecule has 0 N–H and O–H groups in total. The standard InChI is InChI=1S/C21H21F4N5S/c1-27-19(17-7-2-3-8-18(17)22)26-30(20(27)31)14-28-9-11-29(12-10-28)16-6-4-5-15(13-16)21(23,24)25/h2-8,13H,9-12,14H2,1H3. The monoisotopic (exact) mass is 451 g/mol. The predicted molar refractivity (Wildman–Crippen MR) is 113 cm³/mol. The summed E-state index contributed by atoms with van der Waals surface area (Å²) in [7, 11) is 1.75. The number of benzene rings is 2. The summed E-state index contributed by atoms with van der Waals surface area (Å²) >= 11 is 5.47. The van der Waals surface area contributed by atoms with E-state index < -0.39 is 11.7 Å². The number of hydrogen-bond acceptors (Lipinski definition) is 4. The van der Waals surface area contributed by atoms with Crippen LogP contribution in [0.1, 0.15) is 5.56 Å². The summed E-state index contributed by atoms with van der Waals surface area (Å²) in [4.78, 5) is 4.06. The summed E-state index contributed by atoms with van der Waals surface area (Å²) in [5.41, 5.74) is 0.294. The molecule has 0 atom stereocenters. The van der Waals surface area contributed by atoms with Crippen LogP contribution in [0.4, 0.5) is 23.2 Å². The van der Waals surface area contributed by atoms with E-state index in [0.717, 1.165) is 6.07 Å². The van der Waals surface area contributed by atoms with Gasteiger partial charge in [-0.25, -0.2) is 9.07 Å². The van der Waals surface area contributed by atoms with Gasteiger partial charge in [-0.1, -0.05) is 18.2 Å². The Kier molecular flexibility index (Phi) is 5.85. The number of rotatable bonds is 4. The molecule has 1 saturated heterocycles. The van der Waals surface area contributed by atoms with Gasteiger partial charge in [0.15, 0.2) is 10.6 Å². The first-order valence-electron chi connectivity index (χ1n) is 9.77. The Morgan fingerprint density at radius 2 is 1.71 bits per heavy atom. The topological polar surface area (TPSA) is 29.2 Å². The molecule has 0 unspecified atom stereocenters. The molecule has 0 aliphatic carbocycles. The van der Waals surface area contributed by atoms with Gasteiger partial charge in [-0.2, -0.15) is 18.3 Å². The van der Waals surface area contributed by atoms with Crippen LogP contribution in [-0.2, 0) is 19.9 Å². The smallest absolute Gasteiger partial charge is 0.369 e. The van der Waals surface area contributed by atoms with Gasteiger partial charge in [-0.15, -0.1) is 0 Å². The van der Waals surface area contributed by atoms with E-state index in [4.69, 9.17) is 12.2 Å². The highest BCUT2D eigenvalue weighted by atomic mass is 32.1. The van der Waals surface area contributed by atoms with Gasteiger partial charge in [0.1, 0.15) is 5.82 Å². The zero-order valence-electron chi connectivity index (χ0n) is 16.8. The van der Waals surface area contributed by atoms with Crippen molar-refractivity contribution >= 4 is 17.9 Å². The SMILES string of the molecule is Cn1c(-c2ccccc2F)nn(CN2CCN(c3cccc(C(F)(F)F)c3)CC2)c1=S. The Balaban J connectivity index is 1.45. The number of aromatic nitrogens is 3. The Morgan fingerprint density at radius 3 is 2.39 bits per heavy atom. The molecule has 2 heterocycles. The highest BCUT2D eigenvalue weighted by Gasteiger charge is 2.31. The van der Waals surface area contributed by atoms with E-state index in [2.05, 4.69) is 10.00 Å². The number of nitrogens with zero attached hydrogens (tertiary/aromatic N) is 5. The largest absolute Gasteiger partial charge is 0.416 e. The number of piperazine rings is 1. The minimum Gasteiger partial charge on any atom is -0.369 e. The molecule has 3 aromatic rings. The van der Waals surface area contributed by atoms with Crippen LogP contribution in [0.15, 0.2) is 48.5 Å². The van der Waals surface area contributed by atoms with Crippen LogP contribution < -0.4 is 4.90 Å². The maximum absolute atomic E-state index is 14.2. The van der Waals surface area contributed by atoms with Gasteiger partial charge in [-0.3, -0.25) is 4.90 Å². The van der Waals surface area contributed by atoms with Crippen LogP contribution >= 0.6 is 12.2 Å². The predicted octanol–water partition coefficient (Wildman–Crippen LogP) is 4.56. The molecule has 4 rings (SSSR count). The molecule has 10 heteroatoms. The lowest BCUT2D eigenvalue weighted by atomic mass is 10.1. The summed E-state index contributed by atoms with van der Waals surface area (Å²) in [6.07, 6.45) is -4.36. The fourth-order valence-electron chi connectivity index (χ4n) is 3.67. The minimum atomic E-state index is -4.36. The second-order valence-electron chi connectivity index (χ2n) is 7.44. The van der Waals surface area contributed by atoms with Crippen molar-refractivity contribution in [1.82, 2.24) is 19.2 Å². The van der Waals surface area contributed by atoms with E-state index in [0.29, 0.717) is 54.7 Å². The van der Waals surface area contributed by atoms with Gasteiger partial charge in [0.25, 0.3) is 0 Å². The minimum absolute atomic E-state index is 0.368. The van der Waals surface area contributed by atoms with Crippen molar-refractivity contribution in [2.45, 2.75) is 12.8 Å². The Bertz CT molecular complexity index is 1130. The average Bonchev–Trinajstić information content (AvgIpc) is 3.02. The highest BCUT2D eigenvalue weighted by molar-refractivity contribution is 7.71. The number of anilines is 1. The summed E-state index contributed by atoms with van der Waals surface area (Å²) in [6.45, 7) is 2.88. The third-order valence-corrected chi connectivity index (χ3v) is 5.89. The Labute approximate surface area is 182 Å². The van der Waals surface area contributed by atoms with Crippen molar-refractivity contribution in [3.8, 4) is 11.4 Å². The highest BCUT2D eigenvalue weighted by Crippen LogP contribution is 2.32. The van der Waals surface area contributed by atoms with Gasteiger partial charge in [0.05, 0.1) is 17.8 Å². The van der Waals surface area contributed by atoms with Gasteiger partial charge in [0, 0.05) is 38.9 Å². The number of hydrogen-bond donors (Lipinski definition) is 0. The van der Waals surface area contributed by atoms with Crippen LogP contribution in [-0.4, -0.2) is 45.4 Å². The molecule has 1 fully saturated rings. The lowest BCUT2D eigenvalue weighted by Gasteiger charge is -2.36. The quantitative estimate of drug-likeness (QED) is 0.430. The fourth-order valence-corrected chi connectivity index (χ4v) is 3.86. The van der Waals surface area contributed by atoms with Crippen molar-refractivity contribution in [3.63, 3.8) is 0 Å². The second kappa shape index (κ2) is 8.43. The third kappa shape index (κ3) is 4.49. The van der Waals surface area contributed by atoms with Crippen LogP contribution in [0.2, 0.25) is 0 Å². The molecule has 0 bridgehead atoms. The molecule has 5 nitrogen and oxygen atoms in total. The number of alkyl halides is 3. The molecule has 0 radical (unpaired) electrons. The molecule has 1 aromatic heterocycles. The third-order valence-electron chi connectivity index (χ3n) is 5.40. The van der Waals surface area contributed by atoms with Crippen LogP contribution in [0.5, 0.6) is 0 Å². The maximum atomic E-state index is 14.2. The van der Waals surface area contributed by atoms with E-state index in [9.17, 15) is 17.6 Å². The molecule has 0 amide bonds. The van der Waals surface area contributed by atoms with Crippen LogP contribution in [0.25, 0.3) is 11.4 Å². The van der Waals surface area contributed by atoms with E-state index in [1.807, 2.05) is 4.90 Å². The normalized spacial score (nSPS) is 15.5. The first-order chi connectivity index (χ1) is 14.7. The molecular formula is C21H21F4N5S. The summed E-state index contributed by atoms with van der Waals surface area (Å²) in [5.74, 6) is 0.0816. The fraction of sp³-hybridized carbons (Fsp3) is 0.333. The lowest BCUT2D eigenvalue weighted by Crippen LogP contribution is -2.47. The lowest BCUT2D eigenvalue weighted by molar-refractivity contribution is -0.137. The molecule has 31 heavy (non-hydrogen) atoms. The molecule has 164 valence electrons. The average molecular weight is 451 g/mol.